The lowest BCUT2D eigenvalue weighted by molar-refractivity contribution is 0.133. The predicted octanol–water partition coefficient (Wildman–Crippen LogP) is 3.70. The van der Waals surface area contributed by atoms with Crippen LogP contribution in [0.25, 0.3) is 0 Å². The van der Waals surface area contributed by atoms with Crippen molar-refractivity contribution in [2.75, 3.05) is 13.2 Å². The molecule has 0 spiro atoms. The first-order chi connectivity index (χ1) is 8.13. The predicted molar refractivity (Wildman–Crippen MR) is 72.1 cm³/mol. The Labute approximate surface area is 111 Å². The van der Waals surface area contributed by atoms with Crippen molar-refractivity contribution in [2.45, 2.75) is 19.2 Å². The van der Waals surface area contributed by atoms with Gasteiger partial charge in [0.25, 0.3) is 0 Å². The van der Waals surface area contributed by atoms with E-state index in [2.05, 4.69) is 15.9 Å². The van der Waals surface area contributed by atoms with Gasteiger partial charge < -0.3 is 0 Å². The maximum absolute atomic E-state index is 10.0. The number of rotatable bonds is 7. The van der Waals surface area contributed by atoms with Crippen molar-refractivity contribution in [3.63, 3.8) is 0 Å². The zero-order valence-corrected chi connectivity index (χ0v) is 12.4. The smallest absolute Gasteiger partial charge is 0.261 e. The molecule has 0 aromatic heterocycles. The fourth-order valence-electron chi connectivity index (χ4n) is 1.19. The summed E-state index contributed by atoms with van der Waals surface area (Å²) in [6.07, 6.45) is 0. The third-order valence-corrected chi connectivity index (χ3v) is 4.14. The molecule has 0 amide bonds. The fourth-order valence-corrected chi connectivity index (χ4v) is 2.78. The third-order valence-electron chi connectivity index (χ3n) is 1.88. The highest BCUT2D eigenvalue weighted by atomic mass is 79.9. The molecule has 0 unspecified atom stereocenters. The highest BCUT2D eigenvalue weighted by Gasteiger charge is 2.45. The second-order valence-electron chi connectivity index (χ2n) is 3.17. The Morgan fingerprint density at radius 2 is 1.65 bits per heavy atom. The first-order valence-electron chi connectivity index (χ1n) is 5.39. The topological polar surface area (TPSA) is 47.9 Å². The van der Waals surface area contributed by atoms with E-state index in [0.717, 1.165) is 10.9 Å². The molecule has 0 heterocycles. The maximum atomic E-state index is 10.0. The molecule has 0 saturated heterocycles. The van der Waals surface area contributed by atoms with Gasteiger partial charge in [0, 0.05) is 5.33 Å². The molecule has 1 rings (SSSR count). The lowest BCUT2D eigenvalue weighted by Crippen LogP contribution is -2.09. The van der Waals surface area contributed by atoms with Gasteiger partial charge >= 0.3 is 8.17 Å². The normalized spacial score (nSPS) is 11.5. The molecular weight excluding hydrogens is 307 g/mol. The summed E-state index contributed by atoms with van der Waals surface area (Å²) in [6.45, 7) is 4.23. The molecule has 96 valence electrons. The summed E-state index contributed by atoms with van der Waals surface area (Å²) < 4.78 is 15.7. The first kappa shape index (κ1) is 14.9. The minimum atomic E-state index is -3.23. The van der Waals surface area contributed by atoms with Crippen LogP contribution in [-0.2, 0) is 14.4 Å². The van der Waals surface area contributed by atoms with E-state index in [1.165, 1.54) is 0 Å². The fraction of sp³-hybridized carbons (Fsp3) is 0.455. The summed E-state index contributed by atoms with van der Waals surface area (Å²) in [5.41, 5.74) is 1.13. The summed E-state index contributed by atoms with van der Waals surface area (Å²) in [5.74, 6) is 0.535. The first-order valence-corrected chi connectivity index (χ1v) is 8.00. The molecule has 0 saturated carbocycles. The van der Waals surface area contributed by atoms with Crippen LogP contribution >= 0.6 is 24.1 Å². The van der Waals surface area contributed by atoms with Gasteiger partial charge in [0.2, 0.25) is 0 Å². The van der Waals surface area contributed by atoms with Gasteiger partial charge in [-0.2, -0.15) is 4.89 Å². The molecule has 4 nitrogen and oxygen atoms in total. The van der Waals surface area contributed by atoms with E-state index in [1.54, 1.807) is 26.0 Å². The van der Waals surface area contributed by atoms with E-state index in [0.29, 0.717) is 19.0 Å². The van der Waals surface area contributed by atoms with Crippen molar-refractivity contribution in [3.8, 4) is 5.75 Å². The van der Waals surface area contributed by atoms with Crippen molar-refractivity contribution in [2.24, 2.45) is 0 Å². The molecule has 1 aromatic rings. The maximum Gasteiger partial charge on any atom is 0.619 e. The Morgan fingerprint density at radius 1 is 1.12 bits per heavy atom. The van der Waals surface area contributed by atoms with E-state index >= 15 is 0 Å². The number of hydrogen-bond donors (Lipinski definition) is 1. The molecule has 1 aromatic carbocycles. The van der Waals surface area contributed by atoms with Gasteiger partial charge in [-0.05, 0) is 31.5 Å². The molecule has 6 heteroatoms. The zero-order chi connectivity index (χ0) is 12.7. The molecule has 0 bridgehead atoms. The van der Waals surface area contributed by atoms with Crippen LogP contribution in [0.5, 0.6) is 5.75 Å². The Kier molecular flexibility index (Phi) is 6.38. The van der Waals surface area contributed by atoms with Crippen molar-refractivity contribution < 1.29 is 18.5 Å². The summed E-state index contributed by atoms with van der Waals surface area (Å²) in [5, 5.41) is 0.781. The highest BCUT2D eigenvalue weighted by molar-refractivity contribution is 9.08. The molecular formula is C11H17BrO4P+. The lowest BCUT2D eigenvalue weighted by Gasteiger charge is -2.13. The van der Waals surface area contributed by atoms with E-state index in [4.69, 9.17) is 13.6 Å². The van der Waals surface area contributed by atoms with Gasteiger partial charge in [0.15, 0.2) is 5.75 Å². The van der Waals surface area contributed by atoms with Gasteiger partial charge in [-0.25, -0.2) is 0 Å². The number of halogens is 1. The monoisotopic (exact) mass is 323 g/mol. The molecule has 0 fully saturated rings. The van der Waals surface area contributed by atoms with E-state index in [9.17, 15) is 4.89 Å². The number of benzene rings is 1. The van der Waals surface area contributed by atoms with Crippen molar-refractivity contribution >= 4 is 24.1 Å². The second kappa shape index (κ2) is 7.29. The van der Waals surface area contributed by atoms with Crippen molar-refractivity contribution in [1.82, 2.24) is 0 Å². The van der Waals surface area contributed by atoms with Crippen molar-refractivity contribution in [3.05, 3.63) is 29.8 Å². The Hall–Kier alpha value is -0.190. The molecule has 0 aliphatic heterocycles. The Morgan fingerprint density at radius 3 is 2.06 bits per heavy atom. The average Bonchev–Trinajstić information content (AvgIpc) is 2.30. The van der Waals surface area contributed by atoms with Gasteiger partial charge in [-0.3, -0.25) is 4.52 Å². The number of hydrogen-bond acceptors (Lipinski definition) is 4. The summed E-state index contributed by atoms with van der Waals surface area (Å²) >= 11 is 3.36. The third kappa shape index (κ3) is 4.90. The largest absolute Gasteiger partial charge is 0.619 e. The number of alkyl halides is 1. The molecule has 17 heavy (non-hydrogen) atoms. The quantitative estimate of drug-likeness (QED) is 0.614. The van der Waals surface area contributed by atoms with Crippen LogP contribution in [-0.4, -0.2) is 18.1 Å². The molecule has 0 atom stereocenters. The molecule has 1 N–H and O–H groups in total. The van der Waals surface area contributed by atoms with Crippen LogP contribution in [0, 0.1) is 0 Å². The van der Waals surface area contributed by atoms with Crippen LogP contribution in [0.1, 0.15) is 19.4 Å². The molecule has 0 radical (unpaired) electrons. The Balaban J connectivity index is 2.71. The SMILES string of the molecule is CCO[P+](O)(OCC)Oc1ccc(CBr)cc1. The standard InChI is InChI=1S/C11H17BrO4P/c1-3-14-17(13,15-4-2)16-11-7-5-10(9-12)6-8-11/h5-8,13H,3-4,9H2,1-2H3/q+1. The Bertz CT molecular complexity index is 325. The highest BCUT2D eigenvalue weighted by Crippen LogP contribution is 2.57. The zero-order valence-electron chi connectivity index (χ0n) is 9.93. The molecule has 0 aliphatic rings. The average molecular weight is 324 g/mol. The van der Waals surface area contributed by atoms with Gasteiger partial charge in [0.1, 0.15) is 0 Å². The summed E-state index contributed by atoms with van der Waals surface area (Å²) in [6, 6.07) is 7.37. The van der Waals surface area contributed by atoms with E-state index in [1.807, 2.05) is 12.1 Å². The van der Waals surface area contributed by atoms with Crippen LogP contribution in [0.2, 0.25) is 0 Å². The van der Waals surface area contributed by atoms with Gasteiger partial charge in [-0.15, -0.1) is 9.05 Å². The van der Waals surface area contributed by atoms with Crippen molar-refractivity contribution in [1.29, 1.82) is 0 Å². The lowest BCUT2D eigenvalue weighted by atomic mass is 10.2. The van der Waals surface area contributed by atoms with Crippen LogP contribution < -0.4 is 4.52 Å². The van der Waals surface area contributed by atoms with Gasteiger partial charge in [0.05, 0.1) is 13.2 Å². The van der Waals surface area contributed by atoms with Crippen LogP contribution in [0.3, 0.4) is 0 Å². The van der Waals surface area contributed by atoms with E-state index < -0.39 is 8.17 Å². The molecule has 0 aliphatic carbocycles. The summed E-state index contributed by atoms with van der Waals surface area (Å²) in [7, 11) is -3.23. The van der Waals surface area contributed by atoms with Crippen LogP contribution in [0.4, 0.5) is 0 Å². The second-order valence-corrected chi connectivity index (χ2v) is 5.37. The van der Waals surface area contributed by atoms with Crippen LogP contribution in [0.15, 0.2) is 24.3 Å². The van der Waals surface area contributed by atoms with E-state index in [-0.39, 0.29) is 0 Å². The summed E-state index contributed by atoms with van der Waals surface area (Å²) in [4.78, 5) is 10.0. The minimum absolute atomic E-state index is 0.337. The minimum Gasteiger partial charge on any atom is -0.261 e. The van der Waals surface area contributed by atoms with Gasteiger partial charge in [-0.1, -0.05) is 28.1 Å².